The molecule has 5 nitrogen and oxygen atoms in total. The number of rotatable bonds is 7. The highest BCUT2D eigenvalue weighted by Crippen LogP contribution is 2.28. The van der Waals surface area contributed by atoms with Gasteiger partial charge in [0.05, 0.1) is 16.9 Å². The summed E-state index contributed by atoms with van der Waals surface area (Å²) in [6, 6.07) is 3.51. The van der Waals surface area contributed by atoms with E-state index in [2.05, 4.69) is 31.1 Å². The summed E-state index contributed by atoms with van der Waals surface area (Å²) < 4.78 is 5.00. The van der Waals surface area contributed by atoms with E-state index in [9.17, 15) is 4.79 Å². The maximum absolute atomic E-state index is 11.2. The molecule has 0 aliphatic carbocycles. The number of oxazole rings is 1. The van der Waals surface area contributed by atoms with Crippen molar-refractivity contribution in [3.8, 4) is 0 Å². The van der Waals surface area contributed by atoms with Gasteiger partial charge in [0, 0.05) is 12.6 Å². The summed E-state index contributed by atoms with van der Waals surface area (Å²) >= 11 is 0. The first-order valence-corrected chi connectivity index (χ1v) is 7.57. The van der Waals surface area contributed by atoms with Gasteiger partial charge < -0.3 is 15.5 Å². The molecule has 0 amide bonds. The van der Waals surface area contributed by atoms with Gasteiger partial charge >= 0.3 is 5.76 Å². The first-order chi connectivity index (χ1) is 9.91. The van der Waals surface area contributed by atoms with Crippen LogP contribution in [0.25, 0.3) is 11.1 Å². The van der Waals surface area contributed by atoms with Gasteiger partial charge in [-0.25, -0.2) is 4.79 Å². The molecule has 0 saturated carbocycles. The summed E-state index contributed by atoms with van der Waals surface area (Å²) in [5, 5.41) is 3.39. The molecular weight excluding hydrogens is 266 g/mol. The monoisotopic (exact) mass is 291 g/mol. The van der Waals surface area contributed by atoms with E-state index in [0.29, 0.717) is 16.8 Å². The second-order valence-corrected chi connectivity index (χ2v) is 6.43. The second-order valence-electron chi connectivity index (χ2n) is 6.43. The SMILES string of the molecule is CCCCCC(C)(C)CNc1cc2[nH]c(=O)oc2cc1N. The van der Waals surface area contributed by atoms with Gasteiger partial charge in [0.1, 0.15) is 0 Å². The third kappa shape index (κ3) is 4.03. The number of aromatic amines is 1. The molecule has 5 heteroatoms. The first-order valence-electron chi connectivity index (χ1n) is 7.57. The Morgan fingerprint density at radius 2 is 2.10 bits per heavy atom. The Balaban J connectivity index is 2.05. The molecule has 2 rings (SSSR count). The molecule has 0 spiro atoms. The minimum atomic E-state index is -0.457. The van der Waals surface area contributed by atoms with E-state index in [0.717, 1.165) is 12.2 Å². The Kier molecular flexibility index (Phi) is 4.60. The van der Waals surface area contributed by atoms with Crippen LogP contribution in [0.5, 0.6) is 0 Å². The van der Waals surface area contributed by atoms with Crippen molar-refractivity contribution < 1.29 is 4.42 Å². The van der Waals surface area contributed by atoms with Crippen LogP contribution in [0, 0.1) is 5.41 Å². The summed E-state index contributed by atoms with van der Waals surface area (Å²) in [5.41, 5.74) is 8.80. The van der Waals surface area contributed by atoms with Crippen LogP contribution in [0.15, 0.2) is 21.3 Å². The van der Waals surface area contributed by atoms with Crippen molar-refractivity contribution >= 4 is 22.5 Å². The fraction of sp³-hybridized carbons (Fsp3) is 0.562. The molecule has 0 aliphatic rings. The van der Waals surface area contributed by atoms with Crippen molar-refractivity contribution in [1.82, 2.24) is 4.98 Å². The minimum Gasteiger partial charge on any atom is -0.408 e. The van der Waals surface area contributed by atoms with Crippen molar-refractivity contribution in [2.75, 3.05) is 17.6 Å². The zero-order valence-electron chi connectivity index (χ0n) is 13.1. The van der Waals surface area contributed by atoms with Crippen LogP contribution in [0.1, 0.15) is 46.5 Å². The molecular formula is C16H25N3O2. The molecule has 0 radical (unpaired) electrons. The number of unbranched alkanes of at least 4 members (excludes halogenated alkanes) is 2. The molecule has 1 heterocycles. The number of H-pyrrole nitrogens is 1. The molecule has 1 aromatic carbocycles. The molecule has 116 valence electrons. The van der Waals surface area contributed by atoms with Gasteiger partial charge in [-0.2, -0.15) is 0 Å². The quantitative estimate of drug-likeness (QED) is 0.536. The topological polar surface area (TPSA) is 84.0 Å². The number of benzene rings is 1. The van der Waals surface area contributed by atoms with Crippen molar-refractivity contribution in [3.63, 3.8) is 0 Å². The molecule has 2 aromatic rings. The number of hydrogen-bond donors (Lipinski definition) is 3. The Morgan fingerprint density at radius 3 is 2.81 bits per heavy atom. The molecule has 0 fully saturated rings. The van der Waals surface area contributed by atoms with E-state index < -0.39 is 5.76 Å². The average Bonchev–Trinajstić information content (AvgIpc) is 2.75. The molecule has 0 saturated heterocycles. The number of anilines is 2. The van der Waals surface area contributed by atoms with Gasteiger partial charge in [-0.15, -0.1) is 0 Å². The number of hydrogen-bond acceptors (Lipinski definition) is 4. The molecule has 0 unspecified atom stereocenters. The van der Waals surface area contributed by atoms with E-state index in [1.807, 2.05) is 6.07 Å². The second kappa shape index (κ2) is 6.24. The number of fused-ring (bicyclic) bond motifs is 1. The molecule has 0 atom stereocenters. The lowest BCUT2D eigenvalue weighted by molar-refractivity contribution is 0.342. The van der Waals surface area contributed by atoms with Crippen molar-refractivity contribution in [3.05, 3.63) is 22.7 Å². The molecule has 4 N–H and O–H groups in total. The van der Waals surface area contributed by atoms with Crippen LogP contribution >= 0.6 is 0 Å². The molecule has 0 bridgehead atoms. The van der Waals surface area contributed by atoms with Crippen LogP contribution in [-0.2, 0) is 0 Å². The maximum atomic E-state index is 11.2. The predicted octanol–water partition coefficient (Wildman–Crippen LogP) is 3.72. The first kappa shape index (κ1) is 15.5. The highest BCUT2D eigenvalue weighted by atomic mass is 16.4. The van der Waals surface area contributed by atoms with E-state index >= 15 is 0 Å². The Hall–Kier alpha value is -1.91. The average molecular weight is 291 g/mol. The lowest BCUT2D eigenvalue weighted by atomic mass is 9.87. The third-order valence-electron chi connectivity index (χ3n) is 3.81. The highest BCUT2D eigenvalue weighted by Gasteiger charge is 2.17. The highest BCUT2D eigenvalue weighted by molar-refractivity contribution is 5.85. The number of nitrogen functional groups attached to an aromatic ring is 1. The van der Waals surface area contributed by atoms with Gasteiger partial charge in [-0.1, -0.05) is 40.0 Å². The smallest absolute Gasteiger partial charge is 0.408 e. The van der Waals surface area contributed by atoms with Crippen molar-refractivity contribution in [2.24, 2.45) is 5.41 Å². The minimum absolute atomic E-state index is 0.209. The van der Waals surface area contributed by atoms with Crippen LogP contribution in [0.3, 0.4) is 0 Å². The standard InChI is InChI=1S/C16H25N3O2/c1-4-5-6-7-16(2,3)10-18-12-9-13-14(8-11(12)17)21-15(20)19-13/h8-9,18H,4-7,10,17H2,1-3H3,(H,19,20). The summed E-state index contributed by atoms with van der Waals surface area (Å²) in [5.74, 6) is -0.457. The number of nitrogens with two attached hydrogens (primary N) is 1. The predicted molar refractivity (Wildman–Crippen MR) is 87.7 cm³/mol. The zero-order chi connectivity index (χ0) is 15.5. The molecule has 21 heavy (non-hydrogen) atoms. The molecule has 1 aromatic heterocycles. The number of nitrogens with one attached hydrogen (secondary N) is 2. The maximum Gasteiger partial charge on any atom is 0.417 e. The summed E-state index contributed by atoms with van der Waals surface area (Å²) in [7, 11) is 0. The summed E-state index contributed by atoms with van der Waals surface area (Å²) in [6.45, 7) is 7.57. The Morgan fingerprint density at radius 1 is 1.33 bits per heavy atom. The van der Waals surface area contributed by atoms with Gasteiger partial charge in [0.2, 0.25) is 0 Å². The fourth-order valence-electron chi connectivity index (χ4n) is 2.44. The van der Waals surface area contributed by atoms with Gasteiger partial charge in [-0.05, 0) is 17.9 Å². The van der Waals surface area contributed by atoms with Crippen LogP contribution in [-0.4, -0.2) is 11.5 Å². The summed E-state index contributed by atoms with van der Waals surface area (Å²) in [6.07, 6.45) is 4.93. The van der Waals surface area contributed by atoms with Gasteiger partial charge in [0.15, 0.2) is 5.58 Å². The van der Waals surface area contributed by atoms with E-state index in [1.165, 1.54) is 25.7 Å². The lowest BCUT2D eigenvalue weighted by Gasteiger charge is -2.26. The Labute approximate surface area is 124 Å². The van der Waals surface area contributed by atoms with Crippen molar-refractivity contribution in [1.29, 1.82) is 0 Å². The largest absolute Gasteiger partial charge is 0.417 e. The Bertz CT molecular complexity index is 655. The van der Waals surface area contributed by atoms with Crippen molar-refractivity contribution in [2.45, 2.75) is 46.5 Å². The fourth-order valence-corrected chi connectivity index (χ4v) is 2.44. The normalized spacial score (nSPS) is 12.0. The van der Waals surface area contributed by atoms with Gasteiger partial charge in [-0.3, -0.25) is 4.98 Å². The molecule has 0 aliphatic heterocycles. The number of aromatic nitrogens is 1. The van der Waals surface area contributed by atoms with Gasteiger partial charge in [0.25, 0.3) is 0 Å². The van der Waals surface area contributed by atoms with Crippen LogP contribution in [0.2, 0.25) is 0 Å². The van der Waals surface area contributed by atoms with E-state index in [-0.39, 0.29) is 5.41 Å². The van der Waals surface area contributed by atoms with Crippen LogP contribution in [0.4, 0.5) is 11.4 Å². The van der Waals surface area contributed by atoms with E-state index in [4.69, 9.17) is 10.2 Å². The summed E-state index contributed by atoms with van der Waals surface area (Å²) in [4.78, 5) is 13.8. The third-order valence-corrected chi connectivity index (χ3v) is 3.81. The lowest BCUT2D eigenvalue weighted by Crippen LogP contribution is -2.23. The van der Waals surface area contributed by atoms with Crippen LogP contribution < -0.4 is 16.8 Å². The zero-order valence-corrected chi connectivity index (χ0v) is 13.1. The van der Waals surface area contributed by atoms with E-state index in [1.54, 1.807) is 6.07 Å².